The van der Waals surface area contributed by atoms with E-state index in [0.29, 0.717) is 19.1 Å². The van der Waals surface area contributed by atoms with Crippen LogP contribution in [0.25, 0.3) is 0 Å². The standard InChI is InChI=1S/C21H31N5O2.ClH/c1-3-27-18-6-5-16(13-19(18)28-4-2)15-25-10-7-17(8-11-25)21-24-23-20-14-22-9-12-26(20)21;/h5-6,13,17,22H,3-4,7-12,14-15H2,1-2H3;1H. The third kappa shape index (κ3) is 5.02. The molecule has 1 fully saturated rings. The molecule has 0 atom stereocenters. The van der Waals surface area contributed by atoms with Crippen molar-refractivity contribution >= 4 is 12.4 Å². The Morgan fingerprint density at radius 1 is 1.03 bits per heavy atom. The number of hydrogen-bond donors (Lipinski definition) is 1. The molecule has 1 saturated heterocycles. The summed E-state index contributed by atoms with van der Waals surface area (Å²) in [6.45, 7) is 11.3. The summed E-state index contributed by atoms with van der Waals surface area (Å²) in [5.41, 5.74) is 1.27. The number of aromatic nitrogens is 3. The first-order valence-corrected chi connectivity index (χ1v) is 10.5. The molecule has 2 aromatic rings. The number of ether oxygens (including phenoxy) is 2. The Hall–Kier alpha value is -1.83. The molecule has 160 valence electrons. The van der Waals surface area contributed by atoms with Gasteiger partial charge in [0.25, 0.3) is 0 Å². The maximum Gasteiger partial charge on any atom is 0.161 e. The largest absolute Gasteiger partial charge is 0.490 e. The van der Waals surface area contributed by atoms with Gasteiger partial charge in [-0.1, -0.05) is 6.07 Å². The van der Waals surface area contributed by atoms with Gasteiger partial charge in [0.05, 0.1) is 19.8 Å². The number of hydrogen-bond acceptors (Lipinski definition) is 6. The van der Waals surface area contributed by atoms with E-state index in [0.717, 1.165) is 69.4 Å². The highest BCUT2D eigenvalue weighted by molar-refractivity contribution is 5.85. The Balaban J connectivity index is 0.00000240. The zero-order valence-corrected chi connectivity index (χ0v) is 18.2. The maximum atomic E-state index is 5.77. The Labute approximate surface area is 179 Å². The molecule has 0 unspecified atom stereocenters. The lowest BCUT2D eigenvalue weighted by Gasteiger charge is -2.32. The van der Waals surface area contributed by atoms with E-state index in [1.54, 1.807) is 0 Å². The molecule has 0 saturated carbocycles. The molecule has 29 heavy (non-hydrogen) atoms. The number of likely N-dealkylation sites (tertiary alicyclic amines) is 1. The number of benzene rings is 1. The molecule has 1 aromatic heterocycles. The zero-order chi connectivity index (χ0) is 19.3. The third-order valence-electron chi connectivity index (χ3n) is 5.62. The molecule has 2 aliphatic rings. The van der Waals surface area contributed by atoms with Crippen LogP contribution in [0.15, 0.2) is 18.2 Å². The molecule has 1 aromatic carbocycles. The van der Waals surface area contributed by atoms with Crippen molar-refractivity contribution < 1.29 is 9.47 Å². The van der Waals surface area contributed by atoms with Gasteiger partial charge in [-0.25, -0.2) is 0 Å². The minimum absolute atomic E-state index is 0. The van der Waals surface area contributed by atoms with Crippen LogP contribution < -0.4 is 14.8 Å². The summed E-state index contributed by atoms with van der Waals surface area (Å²) >= 11 is 0. The first-order valence-electron chi connectivity index (χ1n) is 10.5. The van der Waals surface area contributed by atoms with E-state index in [1.807, 2.05) is 19.9 Å². The summed E-state index contributed by atoms with van der Waals surface area (Å²) in [6.07, 6.45) is 2.28. The molecular formula is C21H32ClN5O2. The van der Waals surface area contributed by atoms with E-state index in [4.69, 9.17) is 9.47 Å². The van der Waals surface area contributed by atoms with Crippen molar-refractivity contribution in [3.05, 3.63) is 35.4 Å². The van der Waals surface area contributed by atoms with Crippen LogP contribution in [0.2, 0.25) is 0 Å². The Kier molecular flexibility index (Phi) is 7.75. The van der Waals surface area contributed by atoms with Crippen molar-refractivity contribution in [2.75, 3.05) is 32.8 Å². The van der Waals surface area contributed by atoms with Gasteiger partial charge in [-0.15, -0.1) is 22.6 Å². The van der Waals surface area contributed by atoms with Gasteiger partial charge in [-0.3, -0.25) is 4.90 Å². The van der Waals surface area contributed by atoms with E-state index in [2.05, 4.69) is 37.1 Å². The first kappa shape index (κ1) is 21.9. The predicted octanol–water partition coefficient (Wildman–Crippen LogP) is 2.98. The smallest absolute Gasteiger partial charge is 0.161 e. The molecule has 8 heteroatoms. The van der Waals surface area contributed by atoms with Gasteiger partial charge in [-0.2, -0.15) is 0 Å². The molecule has 7 nitrogen and oxygen atoms in total. The van der Waals surface area contributed by atoms with Crippen molar-refractivity contribution in [2.24, 2.45) is 0 Å². The van der Waals surface area contributed by atoms with Gasteiger partial charge in [0.1, 0.15) is 11.6 Å². The fourth-order valence-electron chi connectivity index (χ4n) is 4.22. The van der Waals surface area contributed by atoms with Crippen molar-refractivity contribution in [2.45, 2.75) is 52.2 Å². The van der Waals surface area contributed by atoms with Gasteiger partial charge in [0, 0.05) is 25.6 Å². The highest BCUT2D eigenvalue weighted by atomic mass is 35.5. The molecule has 0 spiro atoms. The summed E-state index contributed by atoms with van der Waals surface area (Å²) in [5, 5.41) is 12.3. The fourth-order valence-corrected chi connectivity index (χ4v) is 4.22. The number of nitrogens with one attached hydrogen (secondary N) is 1. The lowest BCUT2D eigenvalue weighted by molar-refractivity contribution is 0.199. The normalized spacial score (nSPS) is 17.4. The fraction of sp³-hybridized carbons (Fsp3) is 0.619. The lowest BCUT2D eigenvalue weighted by atomic mass is 9.95. The van der Waals surface area contributed by atoms with Crippen LogP contribution in [-0.4, -0.2) is 52.5 Å². The van der Waals surface area contributed by atoms with E-state index < -0.39 is 0 Å². The zero-order valence-electron chi connectivity index (χ0n) is 17.4. The van der Waals surface area contributed by atoms with E-state index in [9.17, 15) is 0 Å². The Bertz CT molecular complexity index is 789. The molecule has 1 N–H and O–H groups in total. The monoisotopic (exact) mass is 421 g/mol. The van der Waals surface area contributed by atoms with Crippen LogP contribution in [-0.2, 0) is 19.6 Å². The highest BCUT2D eigenvalue weighted by Crippen LogP contribution is 2.31. The van der Waals surface area contributed by atoms with E-state index in [-0.39, 0.29) is 12.4 Å². The topological polar surface area (TPSA) is 64.4 Å². The van der Waals surface area contributed by atoms with Gasteiger partial charge in [-0.05, 0) is 57.5 Å². The van der Waals surface area contributed by atoms with Crippen LogP contribution in [0.4, 0.5) is 0 Å². The van der Waals surface area contributed by atoms with Crippen molar-refractivity contribution in [3.63, 3.8) is 0 Å². The van der Waals surface area contributed by atoms with Crippen LogP contribution in [0, 0.1) is 0 Å². The van der Waals surface area contributed by atoms with Crippen LogP contribution >= 0.6 is 12.4 Å². The van der Waals surface area contributed by atoms with Crippen LogP contribution in [0.1, 0.15) is 49.8 Å². The number of rotatable bonds is 7. The second kappa shape index (κ2) is 10.3. The van der Waals surface area contributed by atoms with Crippen LogP contribution in [0.3, 0.4) is 0 Å². The molecule has 4 rings (SSSR count). The minimum atomic E-state index is 0. The molecule has 0 bridgehead atoms. The quantitative estimate of drug-likeness (QED) is 0.741. The number of nitrogens with zero attached hydrogens (tertiary/aromatic N) is 4. The maximum absolute atomic E-state index is 5.77. The second-order valence-electron chi connectivity index (χ2n) is 7.50. The minimum Gasteiger partial charge on any atom is -0.490 e. The SMILES string of the molecule is CCOc1ccc(CN2CCC(c3nnc4n3CCNC4)CC2)cc1OCC.Cl. The van der Waals surface area contributed by atoms with Gasteiger partial charge >= 0.3 is 0 Å². The number of halogens is 1. The van der Waals surface area contributed by atoms with Crippen molar-refractivity contribution in [1.82, 2.24) is 25.0 Å². The lowest BCUT2D eigenvalue weighted by Crippen LogP contribution is -2.34. The summed E-state index contributed by atoms with van der Waals surface area (Å²) in [7, 11) is 0. The molecule has 2 aliphatic heterocycles. The second-order valence-corrected chi connectivity index (χ2v) is 7.50. The van der Waals surface area contributed by atoms with E-state index >= 15 is 0 Å². The highest BCUT2D eigenvalue weighted by Gasteiger charge is 2.27. The van der Waals surface area contributed by atoms with Crippen molar-refractivity contribution in [3.8, 4) is 11.5 Å². The summed E-state index contributed by atoms with van der Waals surface area (Å²) in [5.74, 6) is 4.48. The average molecular weight is 422 g/mol. The Morgan fingerprint density at radius 3 is 2.55 bits per heavy atom. The van der Waals surface area contributed by atoms with E-state index in [1.165, 1.54) is 11.4 Å². The first-order chi connectivity index (χ1) is 13.8. The van der Waals surface area contributed by atoms with Crippen molar-refractivity contribution in [1.29, 1.82) is 0 Å². The average Bonchev–Trinajstić information content (AvgIpc) is 3.15. The number of fused-ring (bicyclic) bond motifs is 1. The molecule has 3 heterocycles. The summed E-state index contributed by atoms with van der Waals surface area (Å²) in [6, 6.07) is 6.32. The summed E-state index contributed by atoms with van der Waals surface area (Å²) in [4.78, 5) is 2.52. The number of piperidine rings is 1. The molecular weight excluding hydrogens is 390 g/mol. The molecule has 0 radical (unpaired) electrons. The molecule has 0 amide bonds. The van der Waals surface area contributed by atoms with Gasteiger partial charge in [0.15, 0.2) is 11.5 Å². The van der Waals surface area contributed by atoms with Crippen LogP contribution in [0.5, 0.6) is 11.5 Å². The van der Waals surface area contributed by atoms with Gasteiger partial charge < -0.3 is 19.4 Å². The third-order valence-corrected chi connectivity index (χ3v) is 5.62. The predicted molar refractivity (Wildman–Crippen MR) is 115 cm³/mol. The summed E-state index contributed by atoms with van der Waals surface area (Å²) < 4.78 is 13.8. The Morgan fingerprint density at radius 2 is 1.79 bits per heavy atom. The van der Waals surface area contributed by atoms with Gasteiger partial charge in [0.2, 0.25) is 0 Å². The molecule has 0 aliphatic carbocycles.